The fourth-order valence-corrected chi connectivity index (χ4v) is 6.34. The van der Waals surface area contributed by atoms with Gasteiger partial charge in [-0.05, 0) is 63.1 Å². The van der Waals surface area contributed by atoms with E-state index < -0.39 is 53.8 Å². The van der Waals surface area contributed by atoms with Crippen molar-refractivity contribution in [1.29, 1.82) is 5.26 Å². The second kappa shape index (κ2) is 9.75. The smallest absolute Gasteiger partial charge is 0.255 e. The number of hydrogen-bond donors (Lipinski definition) is 3. The van der Waals surface area contributed by atoms with Crippen LogP contribution in [0.5, 0.6) is 0 Å². The van der Waals surface area contributed by atoms with Gasteiger partial charge in [0.2, 0.25) is 17.7 Å². The normalized spacial score (nSPS) is 30.0. The Bertz CT molecular complexity index is 1140. The zero-order chi connectivity index (χ0) is 26.4. The number of amides is 3. The van der Waals surface area contributed by atoms with Gasteiger partial charge in [-0.15, -0.1) is 0 Å². The average molecular weight is 534 g/mol. The molecule has 2 bridgehead atoms. The summed E-state index contributed by atoms with van der Waals surface area (Å²) in [6, 6.07) is 5.75. The molecule has 198 valence electrons. The van der Waals surface area contributed by atoms with Crippen LogP contribution in [0.3, 0.4) is 0 Å². The van der Waals surface area contributed by atoms with Gasteiger partial charge >= 0.3 is 0 Å². The van der Waals surface area contributed by atoms with Gasteiger partial charge in [0, 0.05) is 35.6 Å². The Kier molecular flexibility index (Phi) is 6.77. The number of rotatable bonds is 7. The molecule has 3 amide bonds. The highest BCUT2D eigenvalue weighted by Crippen LogP contribution is 2.52. The predicted octanol–water partition coefficient (Wildman–Crippen LogP) is 3.22. The lowest BCUT2D eigenvalue weighted by Gasteiger charge is -2.54. The summed E-state index contributed by atoms with van der Waals surface area (Å²) in [6.07, 6.45) is 2.51. The van der Waals surface area contributed by atoms with Gasteiger partial charge in [-0.2, -0.15) is 5.26 Å². The molecular formula is C26H30ClF2N5O3. The standard InChI is InChI=1S/C26H30ClF2N5O3/c27-16-4-1-5-17(12-16)33-25(8-9-25)24(37)34-19-6-7-20(26(28,29)13-19)21(34)23(36)32-18(14-30)11-15-3-2-10-31-22(15)35/h1,4-5,12,15,18-21,33H,2-3,6-11,13H2,(H,31,35)(H,32,36)/t15-,18-,19-,20-,21-/m1/s1. The van der Waals surface area contributed by atoms with E-state index >= 15 is 8.78 Å². The van der Waals surface area contributed by atoms with E-state index in [1.165, 1.54) is 4.90 Å². The summed E-state index contributed by atoms with van der Waals surface area (Å²) in [6.45, 7) is 0.571. The van der Waals surface area contributed by atoms with Crippen LogP contribution in [0, 0.1) is 23.2 Å². The molecule has 2 aliphatic carbocycles. The van der Waals surface area contributed by atoms with E-state index in [2.05, 4.69) is 16.0 Å². The van der Waals surface area contributed by atoms with Crippen LogP contribution in [0.1, 0.15) is 51.4 Å². The highest BCUT2D eigenvalue weighted by atomic mass is 35.5. The Morgan fingerprint density at radius 3 is 2.70 bits per heavy atom. The minimum absolute atomic E-state index is 0.0967. The van der Waals surface area contributed by atoms with E-state index in [0.717, 1.165) is 6.42 Å². The van der Waals surface area contributed by atoms with Crippen LogP contribution < -0.4 is 16.0 Å². The van der Waals surface area contributed by atoms with Crippen molar-refractivity contribution in [2.75, 3.05) is 11.9 Å². The number of piperidine rings is 3. The molecule has 3 N–H and O–H groups in total. The van der Waals surface area contributed by atoms with Crippen LogP contribution in [-0.2, 0) is 14.4 Å². The van der Waals surface area contributed by atoms with E-state index in [-0.39, 0.29) is 24.7 Å². The SMILES string of the molecule is N#C[C@@H](C[C@H]1CCCNC1=O)NC(=O)[C@H]1[C@H]2CC[C@H](CC2(F)F)N1C(=O)C1(Nc2cccc(Cl)c2)CC1. The fraction of sp³-hybridized carbons (Fsp3) is 0.615. The molecule has 0 unspecified atom stereocenters. The number of alkyl halides is 2. The van der Waals surface area contributed by atoms with E-state index in [9.17, 15) is 19.6 Å². The number of benzene rings is 1. The average Bonchev–Trinajstić information content (AvgIpc) is 3.64. The largest absolute Gasteiger partial charge is 0.371 e. The predicted molar refractivity (Wildman–Crippen MR) is 132 cm³/mol. The Labute approximate surface area is 219 Å². The fourth-order valence-electron chi connectivity index (χ4n) is 6.15. The van der Waals surface area contributed by atoms with E-state index in [0.29, 0.717) is 42.9 Å². The Balaban J connectivity index is 1.37. The monoisotopic (exact) mass is 533 g/mol. The van der Waals surface area contributed by atoms with Crippen LogP contribution in [-0.4, -0.2) is 58.8 Å². The van der Waals surface area contributed by atoms with Crippen molar-refractivity contribution in [3.63, 3.8) is 0 Å². The van der Waals surface area contributed by atoms with Crippen LogP contribution >= 0.6 is 11.6 Å². The van der Waals surface area contributed by atoms with Crippen molar-refractivity contribution >= 4 is 35.0 Å². The molecule has 37 heavy (non-hydrogen) atoms. The lowest BCUT2D eigenvalue weighted by molar-refractivity contribution is -0.195. The number of nitriles is 1. The van der Waals surface area contributed by atoms with Crippen molar-refractivity contribution in [1.82, 2.24) is 15.5 Å². The third kappa shape index (κ3) is 4.98. The summed E-state index contributed by atoms with van der Waals surface area (Å²) in [5, 5.41) is 18.7. The molecule has 8 nitrogen and oxygen atoms in total. The highest BCUT2D eigenvalue weighted by Gasteiger charge is 2.64. The molecule has 5 aliphatic rings. The second-order valence-electron chi connectivity index (χ2n) is 10.7. The third-order valence-corrected chi connectivity index (χ3v) is 8.43. The minimum atomic E-state index is -3.09. The first-order valence-corrected chi connectivity index (χ1v) is 13.2. The number of carbonyl (C=O) groups is 3. The maximum absolute atomic E-state index is 15.0. The molecule has 2 saturated carbocycles. The molecule has 0 spiro atoms. The summed E-state index contributed by atoms with van der Waals surface area (Å²) in [4.78, 5) is 40.9. The third-order valence-electron chi connectivity index (χ3n) is 8.20. The van der Waals surface area contributed by atoms with Crippen LogP contribution in [0.15, 0.2) is 24.3 Å². The van der Waals surface area contributed by atoms with Crippen molar-refractivity contribution in [3.05, 3.63) is 29.3 Å². The molecule has 1 aromatic rings. The number of carbonyl (C=O) groups excluding carboxylic acids is 3. The number of nitrogens with zero attached hydrogens (tertiary/aromatic N) is 2. The first-order chi connectivity index (χ1) is 17.6. The minimum Gasteiger partial charge on any atom is -0.371 e. The van der Waals surface area contributed by atoms with Crippen molar-refractivity contribution in [2.24, 2.45) is 11.8 Å². The van der Waals surface area contributed by atoms with Crippen molar-refractivity contribution in [2.45, 2.75) is 81.0 Å². The Morgan fingerprint density at radius 1 is 1.27 bits per heavy atom. The molecule has 0 aromatic heterocycles. The lowest BCUT2D eigenvalue weighted by atomic mass is 9.71. The first kappa shape index (κ1) is 25.7. The summed E-state index contributed by atoms with van der Waals surface area (Å²) >= 11 is 6.09. The summed E-state index contributed by atoms with van der Waals surface area (Å²) < 4.78 is 30.1. The Morgan fingerprint density at radius 2 is 2.05 bits per heavy atom. The van der Waals surface area contributed by atoms with Crippen LogP contribution in [0.2, 0.25) is 5.02 Å². The summed E-state index contributed by atoms with van der Waals surface area (Å²) in [5.41, 5.74) is -0.340. The topological polar surface area (TPSA) is 114 Å². The van der Waals surface area contributed by atoms with Gasteiger partial charge in [0.05, 0.1) is 12.0 Å². The molecule has 11 heteroatoms. The maximum Gasteiger partial charge on any atom is 0.255 e. The van der Waals surface area contributed by atoms with E-state index in [1.807, 2.05) is 6.07 Å². The van der Waals surface area contributed by atoms with Gasteiger partial charge in [-0.25, -0.2) is 8.78 Å². The van der Waals surface area contributed by atoms with Crippen LogP contribution in [0.4, 0.5) is 14.5 Å². The van der Waals surface area contributed by atoms with E-state index in [1.54, 1.807) is 24.3 Å². The molecule has 3 heterocycles. The summed E-state index contributed by atoms with van der Waals surface area (Å²) in [5.74, 6) is -6.17. The molecule has 3 aliphatic heterocycles. The molecular weight excluding hydrogens is 504 g/mol. The number of halogens is 3. The first-order valence-electron chi connectivity index (χ1n) is 12.9. The number of anilines is 1. The summed E-state index contributed by atoms with van der Waals surface area (Å²) in [7, 11) is 0. The van der Waals surface area contributed by atoms with Gasteiger partial charge < -0.3 is 20.9 Å². The zero-order valence-electron chi connectivity index (χ0n) is 20.3. The second-order valence-corrected chi connectivity index (χ2v) is 11.2. The van der Waals surface area contributed by atoms with Crippen molar-refractivity contribution < 1.29 is 23.2 Å². The van der Waals surface area contributed by atoms with Crippen molar-refractivity contribution in [3.8, 4) is 6.07 Å². The quantitative estimate of drug-likeness (QED) is 0.498. The zero-order valence-corrected chi connectivity index (χ0v) is 21.1. The molecule has 0 radical (unpaired) electrons. The maximum atomic E-state index is 15.0. The molecule has 1 aromatic carbocycles. The van der Waals surface area contributed by atoms with Gasteiger partial charge in [0.1, 0.15) is 17.6 Å². The molecule has 3 saturated heterocycles. The molecule has 5 fully saturated rings. The van der Waals surface area contributed by atoms with Crippen LogP contribution in [0.25, 0.3) is 0 Å². The van der Waals surface area contributed by atoms with E-state index in [4.69, 9.17) is 11.6 Å². The number of hydrogen-bond acceptors (Lipinski definition) is 5. The van der Waals surface area contributed by atoms with Gasteiger partial charge in [-0.3, -0.25) is 14.4 Å². The number of fused-ring (bicyclic) bond motifs is 3. The Hall–Kier alpha value is -2.93. The van der Waals surface area contributed by atoms with Gasteiger partial charge in [0.15, 0.2) is 0 Å². The van der Waals surface area contributed by atoms with Gasteiger partial charge in [0.25, 0.3) is 5.92 Å². The highest BCUT2D eigenvalue weighted by molar-refractivity contribution is 6.30. The number of nitrogens with one attached hydrogen (secondary N) is 3. The molecule has 5 atom stereocenters. The van der Waals surface area contributed by atoms with Gasteiger partial charge in [-0.1, -0.05) is 17.7 Å². The molecule has 6 rings (SSSR count). The lowest BCUT2D eigenvalue weighted by Crippen LogP contribution is -2.70.